The third-order valence-electron chi connectivity index (χ3n) is 2.16. The van der Waals surface area contributed by atoms with Crippen LogP contribution in [0.2, 0.25) is 0 Å². The Kier molecular flexibility index (Phi) is 3.09. The minimum Gasteiger partial charge on any atom is -0.507 e. The fraction of sp³-hybridized carbons (Fsp3) is 0.167. The monoisotopic (exact) mass is 233 g/mol. The van der Waals surface area contributed by atoms with Crippen molar-refractivity contribution in [3.63, 3.8) is 0 Å². The Morgan fingerprint density at radius 3 is 2.94 bits per heavy atom. The number of rotatable bonds is 3. The van der Waals surface area contributed by atoms with Gasteiger partial charge in [0.15, 0.2) is 11.5 Å². The first kappa shape index (κ1) is 11.2. The third kappa shape index (κ3) is 2.28. The summed E-state index contributed by atoms with van der Waals surface area (Å²) in [6, 6.07) is 8.09. The summed E-state index contributed by atoms with van der Waals surface area (Å²) in [6.07, 6.45) is 0. The molecule has 0 saturated heterocycles. The second-order valence-electron chi connectivity index (χ2n) is 3.31. The minimum absolute atomic E-state index is 0.0686. The Bertz CT molecular complexity index is 533. The molecule has 0 unspecified atom stereocenters. The Hall–Kier alpha value is -2.30. The zero-order chi connectivity index (χ0) is 12.3. The lowest BCUT2D eigenvalue weighted by Crippen LogP contribution is -2.04. The zero-order valence-corrected chi connectivity index (χ0v) is 9.21. The van der Waals surface area contributed by atoms with Crippen molar-refractivity contribution in [2.24, 2.45) is 0 Å². The molecule has 0 bridgehead atoms. The van der Waals surface area contributed by atoms with Gasteiger partial charge in [-0.3, -0.25) is 0 Å². The average molecular weight is 233 g/mol. The van der Waals surface area contributed by atoms with Crippen molar-refractivity contribution in [3.05, 3.63) is 36.0 Å². The van der Waals surface area contributed by atoms with Crippen molar-refractivity contribution < 1.29 is 19.2 Å². The SMILES string of the molecule is CCOC(=O)c1cc(-c2ccccc2O)on1. The highest BCUT2D eigenvalue weighted by Gasteiger charge is 2.15. The normalized spacial score (nSPS) is 10.2. The summed E-state index contributed by atoms with van der Waals surface area (Å²) >= 11 is 0. The van der Waals surface area contributed by atoms with Crippen LogP contribution in [-0.2, 0) is 4.74 Å². The highest BCUT2D eigenvalue weighted by Crippen LogP contribution is 2.28. The molecule has 0 aliphatic rings. The van der Waals surface area contributed by atoms with Gasteiger partial charge in [-0.1, -0.05) is 17.3 Å². The van der Waals surface area contributed by atoms with Gasteiger partial charge in [-0.05, 0) is 19.1 Å². The van der Waals surface area contributed by atoms with Crippen molar-refractivity contribution >= 4 is 5.97 Å². The number of phenols is 1. The second-order valence-corrected chi connectivity index (χ2v) is 3.31. The van der Waals surface area contributed by atoms with E-state index < -0.39 is 5.97 Å². The molecule has 1 heterocycles. The molecule has 0 atom stereocenters. The van der Waals surface area contributed by atoms with E-state index in [4.69, 9.17) is 9.26 Å². The quantitative estimate of drug-likeness (QED) is 0.823. The van der Waals surface area contributed by atoms with E-state index in [0.29, 0.717) is 11.3 Å². The van der Waals surface area contributed by atoms with E-state index in [1.165, 1.54) is 12.1 Å². The summed E-state index contributed by atoms with van der Waals surface area (Å²) in [5, 5.41) is 13.2. The van der Waals surface area contributed by atoms with Gasteiger partial charge in [-0.2, -0.15) is 0 Å². The number of hydrogen-bond acceptors (Lipinski definition) is 5. The maximum absolute atomic E-state index is 11.4. The van der Waals surface area contributed by atoms with E-state index in [0.717, 1.165) is 0 Å². The number of ether oxygens (including phenoxy) is 1. The maximum atomic E-state index is 11.4. The molecule has 5 nitrogen and oxygen atoms in total. The van der Waals surface area contributed by atoms with E-state index in [1.54, 1.807) is 25.1 Å². The van der Waals surface area contributed by atoms with Gasteiger partial charge < -0.3 is 14.4 Å². The van der Waals surface area contributed by atoms with Crippen molar-refractivity contribution in [2.45, 2.75) is 6.92 Å². The summed E-state index contributed by atoms with van der Waals surface area (Å²) in [5.74, 6) is -0.150. The number of aromatic nitrogens is 1. The average Bonchev–Trinajstić information content (AvgIpc) is 2.79. The Balaban J connectivity index is 2.30. The number of aromatic hydroxyl groups is 1. The number of carbonyl (C=O) groups excluding carboxylic acids is 1. The highest BCUT2D eigenvalue weighted by atomic mass is 16.5. The van der Waals surface area contributed by atoms with Gasteiger partial charge in [-0.15, -0.1) is 0 Å². The van der Waals surface area contributed by atoms with Crippen LogP contribution in [0.25, 0.3) is 11.3 Å². The van der Waals surface area contributed by atoms with Crippen LogP contribution >= 0.6 is 0 Å². The van der Waals surface area contributed by atoms with Crippen LogP contribution in [0.3, 0.4) is 0 Å². The fourth-order valence-corrected chi connectivity index (χ4v) is 1.39. The number of para-hydroxylation sites is 1. The molecule has 0 aliphatic carbocycles. The highest BCUT2D eigenvalue weighted by molar-refractivity contribution is 5.88. The second kappa shape index (κ2) is 4.69. The van der Waals surface area contributed by atoms with Crippen molar-refractivity contribution in [2.75, 3.05) is 6.61 Å². The third-order valence-corrected chi connectivity index (χ3v) is 2.16. The van der Waals surface area contributed by atoms with Gasteiger partial charge >= 0.3 is 5.97 Å². The molecular formula is C12H11NO4. The largest absolute Gasteiger partial charge is 0.507 e. The van der Waals surface area contributed by atoms with E-state index in [-0.39, 0.29) is 18.1 Å². The number of benzene rings is 1. The Morgan fingerprint density at radius 2 is 2.24 bits per heavy atom. The summed E-state index contributed by atoms with van der Waals surface area (Å²) in [6.45, 7) is 1.99. The molecule has 1 N–H and O–H groups in total. The lowest BCUT2D eigenvalue weighted by molar-refractivity contribution is 0.0514. The Labute approximate surface area is 97.6 Å². The summed E-state index contributed by atoms with van der Waals surface area (Å²) in [4.78, 5) is 11.4. The van der Waals surface area contributed by atoms with E-state index in [2.05, 4.69) is 5.16 Å². The predicted octanol–water partition coefficient (Wildman–Crippen LogP) is 2.22. The van der Waals surface area contributed by atoms with Crippen LogP contribution < -0.4 is 0 Å². The van der Waals surface area contributed by atoms with Crippen LogP contribution in [0, 0.1) is 0 Å². The predicted molar refractivity (Wildman–Crippen MR) is 59.6 cm³/mol. The van der Waals surface area contributed by atoms with Gasteiger partial charge in [0.1, 0.15) is 5.75 Å². The van der Waals surface area contributed by atoms with Gasteiger partial charge in [0.2, 0.25) is 0 Å². The molecule has 0 radical (unpaired) electrons. The number of esters is 1. The van der Waals surface area contributed by atoms with Gasteiger partial charge in [0, 0.05) is 6.07 Å². The molecule has 2 aromatic rings. The van der Waals surface area contributed by atoms with Crippen molar-refractivity contribution in [1.29, 1.82) is 0 Å². The smallest absolute Gasteiger partial charge is 0.360 e. The van der Waals surface area contributed by atoms with Gasteiger partial charge in [0.05, 0.1) is 12.2 Å². The zero-order valence-electron chi connectivity index (χ0n) is 9.21. The van der Waals surface area contributed by atoms with Crippen molar-refractivity contribution in [3.8, 4) is 17.1 Å². The van der Waals surface area contributed by atoms with Crippen LogP contribution in [0.1, 0.15) is 17.4 Å². The Morgan fingerprint density at radius 1 is 1.47 bits per heavy atom. The first-order chi connectivity index (χ1) is 8.22. The summed E-state index contributed by atoms with van der Waals surface area (Å²) in [7, 11) is 0. The number of phenolic OH excluding ortho intramolecular Hbond substituents is 1. The van der Waals surface area contributed by atoms with Gasteiger partial charge in [0.25, 0.3) is 0 Å². The molecule has 0 fully saturated rings. The topological polar surface area (TPSA) is 72.6 Å². The number of hydrogen-bond donors (Lipinski definition) is 1. The fourth-order valence-electron chi connectivity index (χ4n) is 1.39. The van der Waals surface area contributed by atoms with Crippen molar-refractivity contribution in [1.82, 2.24) is 5.16 Å². The molecule has 1 aromatic carbocycles. The van der Waals surface area contributed by atoms with Crippen LogP contribution in [0.4, 0.5) is 0 Å². The van der Waals surface area contributed by atoms with Crippen LogP contribution in [-0.4, -0.2) is 22.8 Å². The number of nitrogens with zero attached hydrogens (tertiary/aromatic N) is 1. The van der Waals surface area contributed by atoms with E-state index in [9.17, 15) is 9.90 Å². The molecule has 0 spiro atoms. The molecule has 5 heteroatoms. The maximum Gasteiger partial charge on any atom is 0.360 e. The van der Waals surface area contributed by atoms with Gasteiger partial charge in [-0.25, -0.2) is 4.79 Å². The molecule has 0 aliphatic heterocycles. The van der Waals surface area contributed by atoms with Crippen LogP contribution in [0.5, 0.6) is 5.75 Å². The summed E-state index contributed by atoms with van der Waals surface area (Å²) in [5.41, 5.74) is 0.570. The molecule has 1 aromatic heterocycles. The minimum atomic E-state index is -0.544. The van der Waals surface area contributed by atoms with E-state index >= 15 is 0 Å². The molecule has 17 heavy (non-hydrogen) atoms. The lowest BCUT2D eigenvalue weighted by Gasteiger charge is -1.97. The summed E-state index contributed by atoms with van der Waals surface area (Å²) < 4.78 is 9.77. The first-order valence-electron chi connectivity index (χ1n) is 5.14. The number of carbonyl (C=O) groups is 1. The molecular weight excluding hydrogens is 222 g/mol. The molecule has 0 saturated carbocycles. The van der Waals surface area contributed by atoms with Crippen LogP contribution in [0.15, 0.2) is 34.9 Å². The molecule has 2 rings (SSSR count). The first-order valence-corrected chi connectivity index (χ1v) is 5.14. The molecule has 0 amide bonds. The van der Waals surface area contributed by atoms with E-state index in [1.807, 2.05) is 0 Å². The lowest BCUT2D eigenvalue weighted by atomic mass is 10.1. The molecule has 88 valence electrons. The standard InChI is InChI=1S/C12H11NO4/c1-2-16-12(15)9-7-11(17-13-9)8-5-3-4-6-10(8)14/h3-7,14H,2H2,1H3.